The van der Waals surface area contributed by atoms with Crippen molar-refractivity contribution in [3.63, 3.8) is 0 Å². The fourth-order valence-electron chi connectivity index (χ4n) is 3.62. The number of hydrogen-bond donors (Lipinski definition) is 1. The van der Waals surface area contributed by atoms with E-state index < -0.39 is 0 Å². The Morgan fingerprint density at radius 3 is 2.26 bits per heavy atom. The zero-order chi connectivity index (χ0) is 19.4. The van der Waals surface area contributed by atoms with Crippen molar-refractivity contribution in [2.75, 3.05) is 32.8 Å². The van der Waals surface area contributed by atoms with E-state index in [4.69, 9.17) is 4.74 Å². The van der Waals surface area contributed by atoms with Gasteiger partial charge in [0.25, 0.3) is 0 Å². The van der Waals surface area contributed by atoms with E-state index in [1.54, 1.807) is 4.90 Å². The van der Waals surface area contributed by atoms with Crippen LogP contribution in [0.25, 0.3) is 0 Å². The minimum absolute atomic E-state index is 0.0802. The number of ether oxygens (including phenoxy) is 1. The fourth-order valence-corrected chi connectivity index (χ4v) is 3.62. The molecule has 3 rings (SSSR count). The number of urea groups is 1. The number of carbonyl (C=O) groups excluding carboxylic acids is 2. The third-order valence-corrected chi connectivity index (χ3v) is 5.59. The number of para-hydroxylation sites is 1. The number of aryl methyl sites for hydroxylation is 2. The molecule has 1 aliphatic carbocycles. The molecule has 0 aromatic heterocycles. The van der Waals surface area contributed by atoms with Crippen LogP contribution in [0.3, 0.4) is 0 Å². The molecule has 6 nitrogen and oxygen atoms in total. The number of nitrogens with one attached hydrogen (secondary N) is 1. The van der Waals surface area contributed by atoms with Crippen LogP contribution in [-0.4, -0.2) is 60.6 Å². The SMILES string of the molecule is Cc1cccc(C)c1OC[C@H](C)NC(=O)N1CCN(C(=O)C2CCC2)CC1. The van der Waals surface area contributed by atoms with Crippen LogP contribution < -0.4 is 10.1 Å². The number of amides is 3. The lowest BCUT2D eigenvalue weighted by atomic mass is 9.84. The standard InChI is InChI=1S/C21H31N3O3/c1-15-6-4-7-16(2)19(15)27-14-17(3)22-21(26)24-12-10-23(11-13-24)20(25)18-8-5-9-18/h4,6-7,17-18H,5,8-14H2,1-3H3,(H,22,26)/t17-/m0/s1. The summed E-state index contributed by atoms with van der Waals surface area (Å²) < 4.78 is 5.93. The summed E-state index contributed by atoms with van der Waals surface area (Å²) >= 11 is 0. The molecule has 1 atom stereocenters. The van der Waals surface area contributed by atoms with Crippen molar-refractivity contribution in [3.8, 4) is 5.75 Å². The zero-order valence-electron chi connectivity index (χ0n) is 16.7. The van der Waals surface area contributed by atoms with E-state index in [1.807, 2.05) is 43.9 Å². The zero-order valence-corrected chi connectivity index (χ0v) is 16.7. The van der Waals surface area contributed by atoms with Gasteiger partial charge in [0, 0.05) is 32.1 Å². The number of nitrogens with zero attached hydrogens (tertiary/aromatic N) is 2. The maximum Gasteiger partial charge on any atom is 0.317 e. The van der Waals surface area contributed by atoms with E-state index in [1.165, 1.54) is 6.42 Å². The van der Waals surface area contributed by atoms with Crippen LogP contribution in [0.4, 0.5) is 4.79 Å². The Labute approximate surface area is 161 Å². The smallest absolute Gasteiger partial charge is 0.317 e. The van der Waals surface area contributed by atoms with Gasteiger partial charge in [-0.2, -0.15) is 0 Å². The molecule has 1 heterocycles. The molecule has 1 saturated carbocycles. The number of benzene rings is 1. The van der Waals surface area contributed by atoms with E-state index in [2.05, 4.69) is 5.32 Å². The molecule has 2 fully saturated rings. The largest absolute Gasteiger partial charge is 0.491 e. The van der Waals surface area contributed by atoms with Crippen molar-refractivity contribution in [1.82, 2.24) is 15.1 Å². The van der Waals surface area contributed by atoms with Gasteiger partial charge in [0.1, 0.15) is 12.4 Å². The first-order valence-electron chi connectivity index (χ1n) is 9.99. The fraction of sp³-hybridized carbons (Fsp3) is 0.619. The van der Waals surface area contributed by atoms with Gasteiger partial charge in [-0.3, -0.25) is 4.79 Å². The van der Waals surface area contributed by atoms with E-state index in [-0.39, 0.29) is 23.9 Å². The lowest BCUT2D eigenvalue weighted by molar-refractivity contribution is -0.139. The monoisotopic (exact) mass is 373 g/mol. The van der Waals surface area contributed by atoms with E-state index in [9.17, 15) is 9.59 Å². The molecule has 1 aliphatic heterocycles. The minimum Gasteiger partial charge on any atom is -0.491 e. The van der Waals surface area contributed by atoms with Crippen LogP contribution >= 0.6 is 0 Å². The van der Waals surface area contributed by atoms with E-state index in [0.29, 0.717) is 32.8 Å². The molecule has 6 heteroatoms. The Kier molecular flexibility index (Phi) is 6.24. The topological polar surface area (TPSA) is 61.9 Å². The van der Waals surface area contributed by atoms with Gasteiger partial charge < -0.3 is 19.9 Å². The predicted molar refractivity (Wildman–Crippen MR) is 105 cm³/mol. The molecule has 2 aliphatic rings. The first-order valence-corrected chi connectivity index (χ1v) is 9.99. The van der Waals surface area contributed by atoms with Crippen LogP contribution in [-0.2, 0) is 4.79 Å². The summed E-state index contributed by atoms with van der Waals surface area (Å²) in [4.78, 5) is 28.5. The Morgan fingerprint density at radius 1 is 1.11 bits per heavy atom. The summed E-state index contributed by atoms with van der Waals surface area (Å²) in [7, 11) is 0. The summed E-state index contributed by atoms with van der Waals surface area (Å²) in [6.45, 7) is 8.88. The summed E-state index contributed by atoms with van der Waals surface area (Å²) in [6.07, 6.45) is 3.22. The first kappa shape index (κ1) is 19.5. The highest BCUT2D eigenvalue weighted by molar-refractivity contribution is 5.80. The molecule has 0 unspecified atom stereocenters. The maximum absolute atomic E-state index is 12.5. The van der Waals surface area contributed by atoms with Crippen LogP contribution in [0.5, 0.6) is 5.75 Å². The van der Waals surface area contributed by atoms with Gasteiger partial charge in [0.2, 0.25) is 5.91 Å². The molecule has 148 valence electrons. The highest BCUT2D eigenvalue weighted by atomic mass is 16.5. The Bertz CT molecular complexity index is 659. The molecule has 1 aromatic rings. The van der Waals surface area contributed by atoms with Crippen molar-refractivity contribution >= 4 is 11.9 Å². The summed E-state index contributed by atoms with van der Waals surface area (Å²) in [5.41, 5.74) is 2.20. The van der Waals surface area contributed by atoms with Crippen molar-refractivity contribution in [3.05, 3.63) is 29.3 Å². The van der Waals surface area contributed by atoms with Crippen LogP contribution in [0.15, 0.2) is 18.2 Å². The van der Waals surface area contributed by atoms with Gasteiger partial charge in [-0.25, -0.2) is 4.79 Å². The first-order chi connectivity index (χ1) is 13.0. The van der Waals surface area contributed by atoms with Gasteiger partial charge >= 0.3 is 6.03 Å². The molecular formula is C21H31N3O3. The summed E-state index contributed by atoms with van der Waals surface area (Å²) in [6, 6.07) is 5.89. The average Bonchev–Trinajstić information content (AvgIpc) is 2.60. The third kappa shape index (κ3) is 4.73. The number of piperazine rings is 1. The number of hydrogen-bond acceptors (Lipinski definition) is 3. The average molecular weight is 373 g/mol. The van der Waals surface area contributed by atoms with Crippen molar-refractivity contribution < 1.29 is 14.3 Å². The summed E-state index contributed by atoms with van der Waals surface area (Å²) in [5, 5.41) is 3.01. The second-order valence-electron chi connectivity index (χ2n) is 7.82. The van der Waals surface area contributed by atoms with Crippen LogP contribution in [0.2, 0.25) is 0 Å². The molecule has 3 amide bonds. The van der Waals surface area contributed by atoms with Gasteiger partial charge in [0.05, 0.1) is 6.04 Å². The maximum atomic E-state index is 12.5. The molecule has 0 spiro atoms. The molecule has 0 bridgehead atoms. The third-order valence-electron chi connectivity index (χ3n) is 5.59. The van der Waals surface area contributed by atoms with E-state index >= 15 is 0 Å². The van der Waals surface area contributed by atoms with Gasteiger partial charge in [-0.1, -0.05) is 24.6 Å². The lowest BCUT2D eigenvalue weighted by Gasteiger charge is -2.38. The van der Waals surface area contributed by atoms with Gasteiger partial charge in [-0.15, -0.1) is 0 Å². The second kappa shape index (κ2) is 8.63. The van der Waals surface area contributed by atoms with Gasteiger partial charge in [-0.05, 0) is 44.7 Å². The Balaban J connectivity index is 1.41. The predicted octanol–water partition coefficient (Wildman–Crippen LogP) is 2.72. The van der Waals surface area contributed by atoms with Crippen molar-refractivity contribution in [1.29, 1.82) is 0 Å². The number of carbonyl (C=O) groups is 2. The quantitative estimate of drug-likeness (QED) is 0.863. The van der Waals surface area contributed by atoms with Crippen LogP contribution in [0, 0.1) is 19.8 Å². The Morgan fingerprint density at radius 2 is 1.70 bits per heavy atom. The molecule has 1 N–H and O–H groups in total. The Hall–Kier alpha value is -2.24. The highest BCUT2D eigenvalue weighted by Gasteiger charge is 2.32. The van der Waals surface area contributed by atoms with Crippen LogP contribution in [0.1, 0.15) is 37.3 Å². The molecule has 27 heavy (non-hydrogen) atoms. The molecule has 1 aromatic carbocycles. The molecule has 0 radical (unpaired) electrons. The second-order valence-corrected chi connectivity index (χ2v) is 7.82. The lowest BCUT2D eigenvalue weighted by Crippen LogP contribution is -2.56. The van der Waals surface area contributed by atoms with Gasteiger partial charge in [0.15, 0.2) is 0 Å². The van der Waals surface area contributed by atoms with E-state index in [0.717, 1.165) is 29.7 Å². The highest BCUT2D eigenvalue weighted by Crippen LogP contribution is 2.28. The minimum atomic E-state index is -0.0915. The molecule has 1 saturated heterocycles. The normalized spacial score (nSPS) is 18.6. The number of rotatable bonds is 5. The van der Waals surface area contributed by atoms with Crippen molar-refractivity contribution in [2.24, 2.45) is 5.92 Å². The summed E-state index contributed by atoms with van der Waals surface area (Å²) in [5.74, 6) is 1.39. The molecular weight excluding hydrogens is 342 g/mol. The van der Waals surface area contributed by atoms with Crippen molar-refractivity contribution in [2.45, 2.75) is 46.1 Å².